The number of aromatic nitrogens is 3. The van der Waals surface area contributed by atoms with E-state index in [0.717, 1.165) is 44.2 Å². The van der Waals surface area contributed by atoms with Gasteiger partial charge in [0.15, 0.2) is 0 Å². The van der Waals surface area contributed by atoms with E-state index in [2.05, 4.69) is 15.0 Å². The molecular formula is C19H11N3O. The molecule has 0 aliphatic carbocycles. The van der Waals surface area contributed by atoms with Gasteiger partial charge in [0.05, 0.1) is 10.9 Å². The average molecular weight is 297 g/mol. The van der Waals surface area contributed by atoms with E-state index in [1.807, 2.05) is 48.5 Å². The molecule has 5 aromatic rings. The third-order valence-electron chi connectivity index (χ3n) is 4.03. The Morgan fingerprint density at radius 2 is 1.52 bits per heavy atom. The quantitative estimate of drug-likeness (QED) is 0.454. The first kappa shape index (κ1) is 12.3. The second-order valence-corrected chi connectivity index (χ2v) is 5.37. The van der Waals surface area contributed by atoms with E-state index in [1.54, 1.807) is 18.6 Å². The van der Waals surface area contributed by atoms with Gasteiger partial charge in [0.1, 0.15) is 22.6 Å². The molecule has 23 heavy (non-hydrogen) atoms. The maximum atomic E-state index is 5.94. The van der Waals surface area contributed by atoms with Crippen LogP contribution < -0.4 is 0 Å². The van der Waals surface area contributed by atoms with Crippen molar-refractivity contribution in [3.8, 4) is 11.4 Å². The first-order chi connectivity index (χ1) is 11.4. The third kappa shape index (κ3) is 1.75. The Morgan fingerprint density at radius 3 is 2.52 bits per heavy atom. The molecule has 0 N–H and O–H groups in total. The molecule has 108 valence electrons. The minimum Gasteiger partial charge on any atom is -0.456 e. The predicted molar refractivity (Wildman–Crippen MR) is 90.0 cm³/mol. The van der Waals surface area contributed by atoms with Gasteiger partial charge >= 0.3 is 0 Å². The van der Waals surface area contributed by atoms with Gasteiger partial charge in [-0.1, -0.05) is 24.3 Å². The summed E-state index contributed by atoms with van der Waals surface area (Å²) >= 11 is 0. The van der Waals surface area contributed by atoms with E-state index in [-0.39, 0.29) is 0 Å². The molecule has 0 aliphatic rings. The summed E-state index contributed by atoms with van der Waals surface area (Å²) < 4.78 is 5.94. The fraction of sp³-hybridized carbons (Fsp3) is 0. The van der Waals surface area contributed by atoms with Crippen molar-refractivity contribution in [1.82, 2.24) is 15.0 Å². The van der Waals surface area contributed by atoms with Crippen LogP contribution >= 0.6 is 0 Å². The Labute approximate surface area is 131 Å². The Hall–Kier alpha value is -3.27. The highest BCUT2D eigenvalue weighted by molar-refractivity contribution is 6.12. The third-order valence-corrected chi connectivity index (χ3v) is 4.03. The molecule has 0 bridgehead atoms. The van der Waals surface area contributed by atoms with Crippen molar-refractivity contribution in [2.75, 3.05) is 0 Å². The van der Waals surface area contributed by atoms with Crippen LogP contribution in [0.3, 0.4) is 0 Å². The van der Waals surface area contributed by atoms with Gasteiger partial charge in [-0.25, -0.2) is 0 Å². The standard InChI is InChI=1S/C19H11N3O/c1-2-6-14-13(5-1)16-15(23-14)8-11-21-18(16)19-17-12(7-10-22-19)4-3-9-20-17/h1-11H. The molecule has 0 atom stereocenters. The van der Waals surface area contributed by atoms with Gasteiger partial charge in [0.25, 0.3) is 0 Å². The molecule has 0 saturated carbocycles. The van der Waals surface area contributed by atoms with Crippen molar-refractivity contribution in [3.63, 3.8) is 0 Å². The number of benzene rings is 1. The van der Waals surface area contributed by atoms with Gasteiger partial charge in [-0.2, -0.15) is 0 Å². The molecule has 4 nitrogen and oxygen atoms in total. The summed E-state index contributed by atoms with van der Waals surface area (Å²) in [5.74, 6) is 0. The Kier molecular flexibility index (Phi) is 2.46. The lowest BCUT2D eigenvalue weighted by molar-refractivity contribution is 0.668. The van der Waals surface area contributed by atoms with Crippen molar-refractivity contribution in [3.05, 3.63) is 67.1 Å². The fourth-order valence-electron chi connectivity index (χ4n) is 3.03. The fourth-order valence-corrected chi connectivity index (χ4v) is 3.03. The molecule has 0 fully saturated rings. The Balaban J connectivity index is 1.96. The SMILES string of the molecule is c1cnc2c(-c3nccc4oc5ccccc5c34)nccc2c1. The Bertz CT molecular complexity index is 1170. The molecule has 4 heterocycles. The largest absolute Gasteiger partial charge is 0.456 e. The molecule has 4 aromatic heterocycles. The second kappa shape index (κ2) is 4.61. The number of fused-ring (bicyclic) bond motifs is 4. The summed E-state index contributed by atoms with van der Waals surface area (Å²) in [6.45, 7) is 0. The van der Waals surface area contributed by atoms with Crippen molar-refractivity contribution in [2.24, 2.45) is 0 Å². The number of hydrogen-bond donors (Lipinski definition) is 0. The lowest BCUT2D eigenvalue weighted by Gasteiger charge is -2.05. The van der Waals surface area contributed by atoms with Crippen LogP contribution in [0.15, 0.2) is 71.5 Å². The molecule has 4 heteroatoms. The number of hydrogen-bond acceptors (Lipinski definition) is 4. The first-order valence-corrected chi connectivity index (χ1v) is 7.38. The van der Waals surface area contributed by atoms with E-state index in [0.29, 0.717) is 0 Å². The van der Waals surface area contributed by atoms with Gasteiger partial charge in [-0.05, 0) is 24.3 Å². The van der Waals surface area contributed by atoms with Crippen molar-refractivity contribution < 1.29 is 4.42 Å². The highest BCUT2D eigenvalue weighted by Gasteiger charge is 2.16. The monoisotopic (exact) mass is 297 g/mol. The van der Waals surface area contributed by atoms with E-state index in [4.69, 9.17) is 4.42 Å². The molecule has 0 amide bonds. The van der Waals surface area contributed by atoms with Crippen molar-refractivity contribution >= 4 is 32.8 Å². The van der Waals surface area contributed by atoms with Crippen LogP contribution in [-0.4, -0.2) is 15.0 Å². The highest BCUT2D eigenvalue weighted by atomic mass is 16.3. The average Bonchev–Trinajstić information content (AvgIpc) is 3.00. The van der Waals surface area contributed by atoms with Crippen LogP contribution in [0, 0.1) is 0 Å². The zero-order valence-corrected chi connectivity index (χ0v) is 12.1. The summed E-state index contributed by atoms with van der Waals surface area (Å²) in [5.41, 5.74) is 4.09. The normalized spacial score (nSPS) is 11.5. The summed E-state index contributed by atoms with van der Waals surface area (Å²) in [7, 11) is 0. The maximum absolute atomic E-state index is 5.94. The predicted octanol–water partition coefficient (Wildman–Crippen LogP) is 4.59. The van der Waals surface area contributed by atoms with Crippen LogP contribution in [0.25, 0.3) is 44.2 Å². The molecule has 0 spiro atoms. The van der Waals surface area contributed by atoms with Gasteiger partial charge in [-0.15, -0.1) is 0 Å². The van der Waals surface area contributed by atoms with Crippen LogP contribution in [0.4, 0.5) is 0 Å². The molecule has 0 unspecified atom stereocenters. The molecule has 0 aliphatic heterocycles. The van der Waals surface area contributed by atoms with E-state index >= 15 is 0 Å². The summed E-state index contributed by atoms with van der Waals surface area (Å²) in [4.78, 5) is 13.6. The van der Waals surface area contributed by atoms with Gasteiger partial charge in [0.2, 0.25) is 0 Å². The second-order valence-electron chi connectivity index (χ2n) is 5.37. The first-order valence-electron chi connectivity index (χ1n) is 7.38. The number of pyridine rings is 3. The number of para-hydroxylation sites is 1. The molecule has 1 aromatic carbocycles. The molecule has 0 saturated heterocycles. The summed E-state index contributed by atoms with van der Waals surface area (Å²) in [5, 5.41) is 3.07. The maximum Gasteiger partial charge on any atom is 0.139 e. The van der Waals surface area contributed by atoms with E-state index in [1.165, 1.54) is 0 Å². The zero-order chi connectivity index (χ0) is 15.2. The minimum absolute atomic E-state index is 0.778. The molecule has 0 radical (unpaired) electrons. The van der Waals surface area contributed by atoms with Gasteiger partial charge < -0.3 is 4.42 Å². The summed E-state index contributed by atoms with van der Waals surface area (Å²) in [6, 6.07) is 15.8. The van der Waals surface area contributed by atoms with Crippen LogP contribution in [0.1, 0.15) is 0 Å². The van der Waals surface area contributed by atoms with E-state index < -0.39 is 0 Å². The number of furan rings is 1. The summed E-state index contributed by atoms with van der Waals surface area (Å²) in [6.07, 6.45) is 5.33. The lowest BCUT2D eigenvalue weighted by Crippen LogP contribution is -1.91. The van der Waals surface area contributed by atoms with Crippen molar-refractivity contribution in [1.29, 1.82) is 0 Å². The van der Waals surface area contributed by atoms with Gasteiger partial charge in [0, 0.05) is 29.4 Å². The zero-order valence-electron chi connectivity index (χ0n) is 12.1. The minimum atomic E-state index is 0.778. The van der Waals surface area contributed by atoms with Crippen LogP contribution in [0.5, 0.6) is 0 Å². The number of rotatable bonds is 1. The number of nitrogens with zero attached hydrogens (tertiary/aromatic N) is 3. The molecular weight excluding hydrogens is 286 g/mol. The van der Waals surface area contributed by atoms with Crippen molar-refractivity contribution in [2.45, 2.75) is 0 Å². The highest BCUT2D eigenvalue weighted by Crippen LogP contribution is 2.35. The van der Waals surface area contributed by atoms with Crippen LogP contribution in [0.2, 0.25) is 0 Å². The van der Waals surface area contributed by atoms with E-state index in [9.17, 15) is 0 Å². The topological polar surface area (TPSA) is 51.8 Å². The van der Waals surface area contributed by atoms with Gasteiger partial charge in [-0.3, -0.25) is 15.0 Å². The lowest BCUT2D eigenvalue weighted by atomic mass is 10.1. The molecule has 5 rings (SSSR count). The smallest absolute Gasteiger partial charge is 0.139 e. The van der Waals surface area contributed by atoms with Crippen LogP contribution in [-0.2, 0) is 0 Å². The Morgan fingerprint density at radius 1 is 0.652 bits per heavy atom.